The normalized spacial score (nSPS) is 12.5. The number of aromatic nitrogens is 3. The number of ether oxygens (including phenoxy) is 2. The van der Waals surface area contributed by atoms with Crippen LogP contribution in [0.15, 0.2) is 52.1 Å². The molecule has 2 aromatic heterocycles. The molecule has 0 saturated heterocycles. The van der Waals surface area contributed by atoms with E-state index in [1.54, 1.807) is 19.1 Å². The predicted octanol–water partition coefficient (Wildman–Crippen LogP) is 5.40. The molecule has 0 radical (unpaired) electrons. The molecule has 0 aliphatic carbocycles. The molecule has 0 amide bonds. The lowest BCUT2D eigenvalue weighted by molar-refractivity contribution is -0.195. The van der Waals surface area contributed by atoms with Gasteiger partial charge in [-0.3, -0.25) is 9.36 Å². The molecule has 0 atom stereocenters. The lowest BCUT2D eigenvalue weighted by Gasteiger charge is -2.25. The highest BCUT2D eigenvalue weighted by atomic mass is 32.1. The molecule has 218 valence electrons. The van der Waals surface area contributed by atoms with Crippen molar-refractivity contribution in [2.75, 3.05) is 6.61 Å². The quantitative estimate of drug-likeness (QED) is 0.217. The van der Waals surface area contributed by atoms with Crippen LogP contribution in [0, 0.1) is 6.92 Å². The number of halogens is 6. The summed E-state index contributed by atoms with van der Waals surface area (Å²) in [4.78, 5) is 37.6. The summed E-state index contributed by atoms with van der Waals surface area (Å²) >= 11 is 1.08. The molecule has 41 heavy (non-hydrogen) atoms. The van der Waals surface area contributed by atoms with E-state index in [0.717, 1.165) is 18.6 Å². The average Bonchev–Trinajstić information content (AvgIpc) is 3.28. The fourth-order valence-electron chi connectivity index (χ4n) is 3.97. The van der Waals surface area contributed by atoms with Crippen LogP contribution in [0.5, 0.6) is 5.75 Å². The van der Waals surface area contributed by atoms with E-state index in [9.17, 15) is 40.7 Å². The molecule has 0 N–H and O–H groups in total. The third kappa shape index (κ3) is 6.14. The monoisotopic (exact) mass is 601 g/mol. The van der Waals surface area contributed by atoms with Gasteiger partial charge in [-0.25, -0.2) is 14.2 Å². The Morgan fingerprint density at radius 3 is 2.32 bits per heavy atom. The van der Waals surface area contributed by atoms with Gasteiger partial charge in [-0.15, -0.1) is 0 Å². The second kappa shape index (κ2) is 10.4. The Labute approximate surface area is 231 Å². The maximum atomic E-state index is 13.3. The van der Waals surface area contributed by atoms with E-state index in [0.29, 0.717) is 42.1 Å². The van der Waals surface area contributed by atoms with Crippen LogP contribution < -0.4 is 16.0 Å². The first-order valence-corrected chi connectivity index (χ1v) is 12.5. The summed E-state index contributed by atoms with van der Waals surface area (Å²) in [6, 6.07) is 9.39. The van der Waals surface area contributed by atoms with Crippen molar-refractivity contribution >= 4 is 27.6 Å². The second-order valence-electron chi connectivity index (χ2n) is 9.53. The second-order valence-corrected chi connectivity index (χ2v) is 10.3. The standard InChI is InChI=1S/C26H21F6N3O5S/c1-13-5-7-15(40-24(2,3)22(37)39-12-25(27,28)29)10-16(13)21-17-9-14(6-8-18(17)41-33-21)35-20(36)11-19(26(30,31)32)34(4)23(35)38/h5-11H,12H2,1-4H3. The first kappa shape index (κ1) is 29.8. The minimum atomic E-state index is -4.91. The summed E-state index contributed by atoms with van der Waals surface area (Å²) in [6.45, 7) is 2.47. The van der Waals surface area contributed by atoms with Gasteiger partial charge in [0.2, 0.25) is 0 Å². The Bertz CT molecular complexity index is 1770. The first-order chi connectivity index (χ1) is 18.9. The molecule has 0 unspecified atom stereocenters. The van der Waals surface area contributed by atoms with Crippen molar-refractivity contribution in [2.24, 2.45) is 7.05 Å². The summed E-state index contributed by atoms with van der Waals surface area (Å²) in [7, 11) is 0.909. The van der Waals surface area contributed by atoms with E-state index in [1.807, 2.05) is 0 Å². The van der Waals surface area contributed by atoms with Crippen LogP contribution in [-0.4, -0.2) is 37.9 Å². The molecule has 15 heteroatoms. The van der Waals surface area contributed by atoms with Crippen LogP contribution >= 0.6 is 11.5 Å². The predicted molar refractivity (Wildman–Crippen MR) is 137 cm³/mol. The number of esters is 1. The maximum absolute atomic E-state index is 13.3. The van der Waals surface area contributed by atoms with Crippen LogP contribution in [0.2, 0.25) is 0 Å². The van der Waals surface area contributed by atoms with Gasteiger partial charge >= 0.3 is 24.0 Å². The van der Waals surface area contributed by atoms with Gasteiger partial charge in [-0.2, -0.15) is 30.7 Å². The lowest BCUT2D eigenvalue weighted by Crippen LogP contribution is -2.41. The number of fused-ring (bicyclic) bond motifs is 1. The molecule has 4 aromatic rings. The molecular formula is C26H21F6N3O5S. The van der Waals surface area contributed by atoms with E-state index in [2.05, 4.69) is 9.11 Å². The third-order valence-electron chi connectivity index (χ3n) is 6.02. The van der Waals surface area contributed by atoms with Crippen molar-refractivity contribution < 1.29 is 40.6 Å². The van der Waals surface area contributed by atoms with Crippen LogP contribution in [0.25, 0.3) is 27.0 Å². The highest BCUT2D eigenvalue weighted by molar-refractivity contribution is 7.13. The first-order valence-electron chi connectivity index (χ1n) is 11.7. The Hall–Kier alpha value is -4.14. The zero-order valence-electron chi connectivity index (χ0n) is 21.8. The summed E-state index contributed by atoms with van der Waals surface area (Å²) < 4.78 is 93.2. The number of rotatable bonds is 6. The zero-order valence-corrected chi connectivity index (χ0v) is 22.6. The van der Waals surface area contributed by atoms with Gasteiger partial charge < -0.3 is 9.47 Å². The van der Waals surface area contributed by atoms with E-state index in [4.69, 9.17) is 4.74 Å². The number of hydrogen-bond acceptors (Lipinski definition) is 7. The summed E-state index contributed by atoms with van der Waals surface area (Å²) in [5.74, 6) is -1.12. The number of carbonyl (C=O) groups excluding carboxylic acids is 1. The number of benzene rings is 2. The smallest absolute Gasteiger partial charge is 0.431 e. The minimum Gasteiger partial charge on any atom is -0.476 e. The van der Waals surface area contributed by atoms with Crippen LogP contribution in [0.3, 0.4) is 0 Å². The number of alkyl halides is 6. The summed E-state index contributed by atoms with van der Waals surface area (Å²) in [5, 5.41) is 0.463. The van der Waals surface area contributed by atoms with Crippen LogP contribution in [0.4, 0.5) is 26.3 Å². The van der Waals surface area contributed by atoms with Gasteiger partial charge in [0.1, 0.15) is 11.4 Å². The molecule has 0 aliphatic rings. The Morgan fingerprint density at radius 2 is 1.68 bits per heavy atom. The van der Waals surface area contributed by atoms with Gasteiger partial charge in [0, 0.05) is 24.1 Å². The highest BCUT2D eigenvalue weighted by Crippen LogP contribution is 2.36. The highest BCUT2D eigenvalue weighted by Gasteiger charge is 2.37. The van der Waals surface area contributed by atoms with E-state index in [1.165, 1.54) is 38.1 Å². The topological polar surface area (TPSA) is 92.4 Å². The van der Waals surface area contributed by atoms with Crippen molar-refractivity contribution in [3.63, 3.8) is 0 Å². The minimum absolute atomic E-state index is 0.0110. The van der Waals surface area contributed by atoms with Gasteiger partial charge in [0.25, 0.3) is 5.56 Å². The SMILES string of the molecule is Cc1ccc(OC(C)(C)C(=O)OCC(F)(F)F)cc1-c1nsc2ccc(-n3c(=O)cc(C(F)(F)F)n(C)c3=O)cc12. The van der Waals surface area contributed by atoms with E-state index >= 15 is 0 Å². The van der Waals surface area contributed by atoms with Gasteiger partial charge in [-0.05, 0) is 68.2 Å². The van der Waals surface area contributed by atoms with Gasteiger partial charge in [-0.1, -0.05) is 6.07 Å². The molecule has 0 aliphatic heterocycles. The number of hydrogen-bond donors (Lipinski definition) is 0. The molecule has 0 fully saturated rings. The number of aryl methyl sites for hydroxylation is 1. The van der Waals surface area contributed by atoms with Crippen molar-refractivity contribution in [1.82, 2.24) is 13.5 Å². The molecule has 0 spiro atoms. The fraction of sp³-hybridized carbons (Fsp3) is 0.308. The Balaban J connectivity index is 1.75. The third-order valence-corrected chi connectivity index (χ3v) is 6.84. The van der Waals surface area contributed by atoms with Gasteiger partial charge in [0.05, 0.1) is 16.1 Å². The molecule has 0 bridgehead atoms. The summed E-state index contributed by atoms with van der Waals surface area (Å²) in [5.41, 5.74) is -3.95. The van der Waals surface area contributed by atoms with Crippen molar-refractivity contribution in [1.29, 1.82) is 0 Å². The fourth-order valence-corrected chi connectivity index (χ4v) is 4.74. The van der Waals surface area contributed by atoms with Crippen LogP contribution in [-0.2, 0) is 22.8 Å². The molecule has 2 aromatic carbocycles. The zero-order chi connectivity index (χ0) is 30.5. The molecule has 0 saturated carbocycles. The number of nitrogens with zero attached hydrogens (tertiary/aromatic N) is 3. The lowest BCUT2D eigenvalue weighted by atomic mass is 10.0. The summed E-state index contributed by atoms with van der Waals surface area (Å²) in [6.07, 6.45) is -9.61. The van der Waals surface area contributed by atoms with E-state index < -0.39 is 47.5 Å². The Morgan fingerprint density at radius 1 is 1.00 bits per heavy atom. The van der Waals surface area contributed by atoms with Crippen LogP contribution in [0.1, 0.15) is 25.1 Å². The molecule has 8 nitrogen and oxygen atoms in total. The molecule has 2 heterocycles. The number of carbonyl (C=O) groups is 1. The largest absolute Gasteiger partial charge is 0.476 e. The van der Waals surface area contributed by atoms with E-state index in [-0.39, 0.29) is 11.4 Å². The Kier molecular flexibility index (Phi) is 7.54. The van der Waals surface area contributed by atoms with Crippen molar-refractivity contribution in [2.45, 2.75) is 38.7 Å². The maximum Gasteiger partial charge on any atom is 0.431 e. The van der Waals surface area contributed by atoms with Gasteiger partial charge in [0.15, 0.2) is 12.2 Å². The molecular weight excluding hydrogens is 580 g/mol. The molecule has 4 rings (SSSR count). The average molecular weight is 602 g/mol. The van der Waals surface area contributed by atoms with Crippen molar-refractivity contribution in [3.8, 4) is 22.7 Å². The van der Waals surface area contributed by atoms with Crippen molar-refractivity contribution in [3.05, 3.63) is 74.6 Å².